The summed E-state index contributed by atoms with van der Waals surface area (Å²) in [7, 11) is 0. The standard InChI is InChI=1S/C42H26.C38H22O.C38H24/c1-2-9-27(10-3-1)30-19-20-35-31(23-30)15-7-16-34(35)32-13-6-14-33(24-32)36-21-22-39-41-26-29-12-5-4-11-28(29)25-40(41)38-18-8-17-37(36)42(38)39;1-2-7-26-21-34-32-18-17-28(30-9-5-10-31(38(30)32)33(34)20-25(26)6-1)24-14-12-23(13-15-24)27-16-19-37-35(22-27)29-8-3-4-11-36(29)39-37;1-2-9-25(10-3-1)26-19-20-31-27(23-26)13-7-16-30(31)28-11-6-12-29(24-28)32-21-22-37-34-15-5-4-14-33(34)36-18-8-17-35(32)38(36)37/h1-26H;1-22H;1-24H. The normalized spacial score (nSPS) is 11.9. The van der Waals surface area contributed by atoms with Gasteiger partial charge in [0.2, 0.25) is 0 Å². The van der Waals surface area contributed by atoms with E-state index in [4.69, 9.17) is 4.42 Å². The number of hydrogen-bond acceptors (Lipinski definition) is 1. The number of benzene rings is 22. The zero-order valence-electron chi connectivity index (χ0n) is 65.0. The van der Waals surface area contributed by atoms with Gasteiger partial charge in [-0.05, 0) is 298 Å². The van der Waals surface area contributed by atoms with Gasteiger partial charge in [-0.25, -0.2) is 0 Å². The summed E-state index contributed by atoms with van der Waals surface area (Å²) >= 11 is 0. The first kappa shape index (κ1) is 67.9. The molecule has 1 nitrogen and oxygen atoms in total. The van der Waals surface area contributed by atoms with Gasteiger partial charge >= 0.3 is 0 Å². The summed E-state index contributed by atoms with van der Waals surface area (Å²) in [4.78, 5) is 0. The van der Waals surface area contributed by atoms with E-state index in [0.29, 0.717) is 0 Å². The summed E-state index contributed by atoms with van der Waals surface area (Å²) in [6.07, 6.45) is 0. The summed E-state index contributed by atoms with van der Waals surface area (Å²) in [5, 5.41) is 20.6. The lowest BCUT2D eigenvalue weighted by molar-refractivity contribution is 0.669. The molecule has 0 radical (unpaired) electrons. The Labute approximate surface area is 689 Å². The molecule has 0 unspecified atom stereocenters. The van der Waals surface area contributed by atoms with E-state index in [9.17, 15) is 0 Å². The molecular weight excluding hydrogens is 1430 g/mol. The van der Waals surface area contributed by atoms with Crippen LogP contribution in [-0.4, -0.2) is 0 Å². The van der Waals surface area contributed by atoms with Crippen LogP contribution in [-0.2, 0) is 0 Å². The minimum atomic E-state index is 0.929. The van der Waals surface area contributed by atoms with Crippen LogP contribution < -0.4 is 0 Å². The summed E-state index contributed by atoms with van der Waals surface area (Å²) < 4.78 is 6.03. The van der Waals surface area contributed by atoms with Crippen LogP contribution in [0.3, 0.4) is 0 Å². The van der Waals surface area contributed by atoms with E-state index < -0.39 is 0 Å². The lowest BCUT2D eigenvalue weighted by Gasteiger charge is -2.13. The van der Waals surface area contributed by atoms with E-state index in [1.807, 2.05) is 12.1 Å². The second kappa shape index (κ2) is 27.6. The molecule has 0 saturated heterocycles. The number of furan rings is 1. The number of para-hydroxylation sites is 1. The fourth-order valence-electron chi connectivity index (χ4n) is 19.8. The molecule has 0 fully saturated rings. The molecule has 0 aliphatic heterocycles. The smallest absolute Gasteiger partial charge is 0.135 e. The zero-order valence-corrected chi connectivity index (χ0v) is 65.0. The SMILES string of the molecule is c1ccc(-c2ccc3c(-c4cccc(-c5ccc6c7c(cccc57)-c5cc7ccccc7cc5-6)c4)cccc3c2)cc1.c1ccc(-c2ccc3c(-c4cccc(-c5ccc6c7c(cccc57)-c5ccccc5-6)c4)cccc3c2)cc1.c1ccc2cc3c(cc2c1)-c1cccc2c(-c4ccc(-c5ccc6oc7ccccc7c6c5)cc4)ccc-3c12. The van der Waals surface area contributed by atoms with Crippen LogP contribution in [0.4, 0.5) is 0 Å². The first-order valence-electron chi connectivity index (χ1n) is 41.2. The number of rotatable bonds is 8. The van der Waals surface area contributed by atoms with Crippen LogP contribution in [0.25, 0.3) is 253 Å². The second-order valence-electron chi connectivity index (χ2n) is 32.0. The minimum absolute atomic E-state index is 0.929. The molecule has 0 spiro atoms. The molecule has 26 rings (SSSR count). The molecule has 1 heteroatoms. The first-order chi connectivity index (χ1) is 59.0. The average Bonchev–Trinajstić information content (AvgIpc) is 1.58. The van der Waals surface area contributed by atoms with Gasteiger partial charge in [-0.15, -0.1) is 0 Å². The predicted octanol–water partition coefficient (Wildman–Crippen LogP) is 33.3. The molecule has 0 N–H and O–H groups in total. The van der Waals surface area contributed by atoms with Crippen molar-refractivity contribution in [1.29, 1.82) is 0 Å². The Hall–Kier alpha value is -15.5. The molecule has 3 aliphatic carbocycles. The first-order valence-corrected chi connectivity index (χ1v) is 41.2. The highest BCUT2D eigenvalue weighted by molar-refractivity contribution is 6.23. The topological polar surface area (TPSA) is 13.1 Å². The Morgan fingerprint density at radius 2 is 0.387 bits per heavy atom. The van der Waals surface area contributed by atoms with Gasteiger partial charge < -0.3 is 4.42 Å². The average molecular weight is 1510 g/mol. The van der Waals surface area contributed by atoms with Gasteiger partial charge in [0.25, 0.3) is 0 Å². The number of fused-ring (bicyclic) bond motifs is 16. The maximum atomic E-state index is 6.03. The molecule has 0 bridgehead atoms. The lowest BCUT2D eigenvalue weighted by atomic mass is 9.91. The molecule has 550 valence electrons. The lowest BCUT2D eigenvalue weighted by Crippen LogP contribution is -1.86. The van der Waals surface area contributed by atoms with E-state index in [1.165, 1.54) is 231 Å². The van der Waals surface area contributed by atoms with Crippen molar-refractivity contribution in [3.05, 3.63) is 437 Å². The maximum Gasteiger partial charge on any atom is 0.135 e. The van der Waals surface area contributed by atoms with Crippen LogP contribution in [0.5, 0.6) is 0 Å². The highest BCUT2D eigenvalue weighted by Gasteiger charge is 2.28. The number of hydrogen-bond donors (Lipinski definition) is 0. The van der Waals surface area contributed by atoms with Crippen LogP contribution in [0.2, 0.25) is 0 Å². The van der Waals surface area contributed by atoms with Crippen molar-refractivity contribution < 1.29 is 4.42 Å². The van der Waals surface area contributed by atoms with E-state index in [2.05, 4.69) is 425 Å². The van der Waals surface area contributed by atoms with Gasteiger partial charge in [0.15, 0.2) is 0 Å². The summed E-state index contributed by atoms with van der Waals surface area (Å²) in [5.41, 5.74) is 37.9. The van der Waals surface area contributed by atoms with E-state index >= 15 is 0 Å². The van der Waals surface area contributed by atoms with Gasteiger partial charge in [-0.1, -0.05) is 370 Å². The van der Waals surface area contributed by atoms with Gasteiger partial charge in [0.05, 0.1) is 0 Å². The largest absolute Gasteiger partial charge is 0.456 e. The van der Waals surface area contributed by atoms with Crippen LogP contribution in [0.1, 0.15) is 0 Å². The van der Waals surface area contributed by atoms with Gasteiger partial charge in [-0.2, -0.15) is 0 Å². The maximum absolute atomic E-state index is 6.03. The van der Waals surface area contributed by atoms with Gasteiger partial charge in [0.1, 0.15) is 11.2 Å². The van der Waals surface area contributed by atoms with E-state index in [0.717, 1.165) is 21.9 Å². The Morgan fingerprint density at radius 3 is 0.857 bits per heavy atom. The van der Waals surface area contributed by atoms with Crippen LogP contribution in [0.15, 0.2) is 441 Å². The van der Waals surface area contributed by atoms with Gasteiger partial charge in [0, 0.05) is 10.8 Å². The Bertz CT molecular complexity index is 8010. The van der Waals surface area contributed by atoms with Crippen molar-refractivity contribution in [1.82, 2.24) is 0 Å². The van der Waals surface area contributed by atoms with Crippen molar-refractivity contribution in [2.24, 2.45) is 0 Å². The molecular formula is C118H72O. The van der Waals surface area contributed by atoms with Crippen molar-refractivity contribution >= 4 is 97.3 Å². The molecule has 1 heterocycles. The molecule has 0 amide bonds. The third-order valence-electron chi connectivity index (χ3n) is 25.4. The quantitative estimate of drug-likeness (QED) is 0.148. The van der Waals surface area contributed by atoms with E-state index in [-0.39, 0.29) is 0 Å². The molecule has 119 heavy (non-hydrogen) atoms. The summed E-state index contributed by atoms with van der Waals surface area (Å²) in [5.74, 6) is 0. The molecule has 23 aromatic rings. The van der Waals surface area contributed by atoms with Crippen molar-refractivity contribution in [3.8, 4) is 156 Å². The molecule has 0 atom stereocenters. The van der Waals surface area contributed by atoms with Crippen LogP contribution >= 0.6 is 0 Å². The fraction of sp³-hybridized carbons (Fsp3) is 0. The molecule has 0 saturated carbocycles. The minimum Gasteiger partial charge on any atom is -0.456 e. The molecule has 1 aromatic heterocycles. The Balaban J connectivity index is 0.000000102. The third kappa shape index (κ3) is 11.3. The predicted molar refractivity (Wildman–Crippen MR) is 506 cm³/mol. The van der Waals surface area contributed by atoms with E-state index in [1.54, 1.807) is 0 Å². The Morgan fingerprint density at radius 1 is 0.109 bits per heavy atom. The van der Waals surface area contributed by atoms with Crippen molar-refractivity contribution in [2.75, 3.05) is 0 Å². The zero-order chi connectivity index (χ0) is 78.2. The second-order valence-corrected chi connectivity index (χ2v) is 32.0. The van der Waals surface area contributed by atoms with Crippen molar-refractivity contribution in [2.45, 2.75) is 0 Å². The monoisotopic (exact) mass is 1500 g/mol. The van der Waals surface area contributed by atoms with Crippen LogP contribution in [0, 0.1) is 0 Å². The highest BCUT2D eigenvalue weighted by Crippen LogP contribution is 2.55. The fourth-order valence-corrected chi connectivity index (χ4v) is 19.8. The molecule has 3 aliphatic rings. The third-order valence-corrected chi connectivity index (χ3v) is 25.4. The Kier molecular flexibility index (Phi) is 15.8. The summed E-state index contributed by atoms with van der Waals surface area (Å²) in [6, 6.07) is 160. The van der Waals surface area contributed by atoms with Crippen molar-refractivity contribution in [3.63, 3.8) is 0 Å². The molecule has 22 aromatic carbocycles. The summed E-state index contributed by atoms with van der Waals surface area (Å²) in [6.45, 7) is 0. The highest BCUT2D eigenvalue weighted by atomic mass is 16.3. The van der Waals surface area contributed by atoms with Gasteiger partial charge in [-0.3, -0.25) is 0 Å².